The zero-order chi connectivity index (χ0) is 41.3. The Kier molecular flexibility index (Phi) is 14.6. The molecule has 2 amide bonds. The lowest BCUT2D eigenvalue weighted by molar-refractivity contribution is -0.136. The summed E-state index contributed by atoms with van der Waals surface area (Å²) in [5, 5.41) is 12.0. The number of nitrogens with one attached hydrogen (secondary N) is 1. The summed E-state index contributed by atoms with van der Waals surface area (Å²) < 4.78 is 91.2. The van der Waals surface area contributed by atoms with E-state index >= 15 is 0 Å². The molecule has 0 bridgehead atoms. The number of nitrogens with two attached hydrogens (primary N) is 1. The Balaban J connectivity index is 1.10. The minimum Gasteiger partial charge on any atom is -0.420 e. The van der Waals surface area contributed by atoms with Crippen LogP contribution < -0.4 is 15.8 Å². The molecule has 0 aromatic heterocycles. The molecule has 0 atom stereocenters. The van der Waals surface area contributed by atoms with Crippen molar-refractivity contribution in [2.24, 2.45) is 16.6 Å². The van der Waals surface area contributed by atoms with Crippen LogP contribution in [0.25, 0.3) is 17.2 Å². The van der Waals surface area contributed by atoms with Gasteiger partial charge in [0.15, 0.2) is 11.6 Å². The molecule has 13 nitrogen and oxygen atoms in total. The maximum Gasteiger partial charge on any atom is 0.313 e. The highest BCUT2D eigenvalue weighted by molar-refractivity contribution is 7.89. The molecule has 0 aliphatic carbocycles. The third-order valence-corrected chi connectivity index (χ3v) is 11.0. The Labute approximate surface area is 327 Å². The summed E-state index contributed by atoms with van der Waals surface area (Å²) in [5.41, 5.74) is 9.27. The number of halogens is 4. The summed E-state index contributed by atoms with van der Waals surface area (Å²) in [5.74, 6) is -10.2. The highest BCUT2D eigenvalue weighted by Gasteiger charge is 2.36. The van der Waals surface area contributed by atoms with Gasteiger partial charge in [0.05, 0.1) is 30.2 Å². The third-order valence-electron chi connectivity index (χ3n) is 9.18. The fraction of sp³-hybridized carbons (Fsp3) is 0.385. The number of nitrogens with zero attached hydrogens (tertiary/aromatic N) is 3. The number of esters is 1. The number of ether oxygens (including phenoxy) is 2. The molecular formula is C39H43F4N5O8S. The van der Waals surface area contributed by atoms with E-state index in [2.05, 4.69) is 15.0 Å². The van der Waals surface area contributed by atoms with Gasteiger partial charge in [0.25, 0.3) is 0 Å². The first-order valence-electron chi connectivity index (χ1n) is 18.3. The molecule has 5 rings (SSSR count). The Hall–Kier alpha value is -5.17. The zero-order valence-electron chi connectivity index (χ0n) is 31.1. The van der Waals surface area contributed by atoms with Crippen LogP contribution >= 0.6 is 0 Å². The Bertz CT molecular complexity index is 2140. The number of aliphatic hydroxyl groups excluding tert-OH is 1. The second kappa shape index (κ2) is 19.3. The molecule has 57 heavy (non-hydrogen) atoms. The van der Waals surface area contributed by atoms with Gasteiger partial charge in [-0.2, -0.15) is 13.1 Å². The van der Waals surface area contributed by atoms with E-state index < -0.39 is 51.4 Å². The van der Waals surface area contributed by atoms with Crippen molar-refractivity contribution in [2.75, 3.05) is 52.5 Å². The number of hydrogen-bond donors (Lipinski definition) is 3. The number of benzene rings is 3. The number of carbonyl (C=O) groups excluding carboxylic acids is 3. The topological polar surface area (TPSA) is 181 Å². The quantitative estimate of drug-likeness (QED) is 0.0550. The van der Waals surface area contributed by atoms with Gasteiger partial charge in [-0.15, -0.1) is 0 Å². The molecule has 2 aliphatic heterocycles. The average Bonchev–Trinajstić information content (AvgIpc) is 3.33. The van der Waals surface area contributed by atoms with Crippen molar-refractivity contribution in [1.29, 1.82) is 0 Å². The van der Waals surface area contributed by atoms with Gasteiger partial charge in [0.1, 0.15) is 5.84 Å². The smallest absolute Gasteiger partial charge is 0.313 e. The molecule has 0 unspecified atom stereocenters. The van der Waals surface area contributed by atoms with E-state index in [1.54, 1.807) is 41.3 Å². The number of amidine groups is 1. The van der Waals surface area contributed by atoms with Gasteiger partial charge in [-0.25, -0.2) is 22.2 Å². The molecule has 3 aromatic rings. The van der Waals surface area contributed by atoms with Crippen LogP contribution in [0.5, 0.6) is 5.75 Å². The lowest BCUT2D eigenvalue weighted by atomic mass is 10.0. The molecule has 2 heterocycles. The average molecular weight is 818 g/mol. The Morgan fingerprint density at radius 3 is 2.39 bits per heavy atom. The number of amides is 2. The van der Waals surface area contributed by atoms with Crippen LogP contribution in [0.3, 0.4) is 0 Å². The summed E-state index contributed by atoms with van der Waals surface area (Å²) in [4.78, 5) is 44.3. The SMILES string of the molecule is CCCN(CCCNC(=O)CCOCCC(=O)Oc1c(F)c(F)cc(F)c1F)C(=O)C1=Cc2ccc(-c3cccc(S(=O)(=O)N4CC(CO)C4)c3)cc2N=C(N)C1. The van der Waals surface area contributed by atoms with Crippen LogP contribution in [0.4, 0.5) is 23.2 Å². The van der Waals surface area contributed by atoms with Gasteiger partial charge in [0, 0.05) is 75.3 Å². The predicted molar refractivity (Wildman–Crippen MR) is 202 cm³/mol. The second-order valence-electron chi connectivity index (χ2n) is 13.5. The van der Waals surface area contributed by atoms with Gasteiger partial charge >= 0.3 is 5.97 Å². The standard InChI is InChI=1S/C39H43F4N5O8S/c1-2-12-47(13-4-11-45-34(50)9-14-55-15-10-35(51)56-38-36(42)30(40)20-31(41)37(38)43)39(52)28-16-27-8-7-26(18-32(27)46-33(44)19-28)25-5-3-6-29(17-25)57(53,54)48-21-24(22-48)23-49/h3,5-8,16-18,20,24,49H,2,4,9-15,19,21-23H2,1H3,(H2,44,46)(H,45,50). The highest BCUT2D eigenvalue weighted by atomic mass is 32.2. The molecule has 3 aromatic carbocycles. The normalized spacial score (nSPS) is 14.5. The molecule has 4 N–H and O–H groups in total. The summed E-state index contributed by atoms with van der Waals surface area (Å²) in [6.45, 7) is 3.05. The van der Waals surface area contributed by atoms with Crippen LogP contribution in [0.1, 0.15) is 44.6 Å². The molecule has 306 valence electrons. The fourth-order valence-corrected chi connectivity index (χ4v) is 7.77. The maximum absolute atomic E-state index is 13.7. The van der Waals surface area contributed by atoms with Crippen molar-refractivity contribution >= 4 is 45.4 Å². The number of hydrogen-bond acceptors (Lipinski definition) is 10. The molecular weight excluding hydrogens is 775 g/mol. The summed E-state index contributed by atoms with van der Waals surface area (Å²) in [6.07, 6.45) is 2.38. The Morgan fingerprint density at radius 2 is 1.68 bits per heavy atom. The lowest BCUT2D eigenvalue weighted by Crippen LogP contribution is -2.51. The minimum atomic E-state index is -3.72. The van der Waals surface area contributed by atoms with Gasteiger partial charge in [-0.1, -0.05) is 31.2 Å². The monoisotopic (exact) mass is 817 g/mol. The van der Waals surface area contributed by atoms with Crippen molar-refractivity contribution < 1.29 is 54.9 Å². The van der Waals surface area contributed by atoms with E-state index in [1.165, 1.54) is 10.4 Å². The van der Waals surface area contributed by atoms with Crippen molar-refractivity contribution in [2.45, 2.75) is 43.9 Å². The number of aliphatic hydroxyl groups is 1. The van der Waals surface area contributed by atoms with E-state index in [-0.39, 0.29) is 86.8 Å². The largest absolute Gasteiger partial charge is 0.420 e. The minimum absolute atomic E-state index is 0.0115. The summed E-state index contributed by atoms with van der Waals surface area (Å²) >= 11 is 0. The van der Waals surface area contributed by atoms with Gasteiger partial charge in [-0.05, 0) is 48.2 Å². The molecule has 18 heteroatoms. The molecule has 0 saturated carbocycles. The first kappa shape index (κ1) is 43.0. The number of rotatable bonds is 18. The van der Waals surface area contributed by atoms with Crippen molar-refractivity contribution in [3.63, 3.8) is 0 Å². The van der Waals surface area contributed by atoms with Crippen LogP contribution in [0.2, 0.25) is 0 Å². The first-order valence-corrected chi connectivity index (χ1v) is 19.7. The van der Waals surface area contributed by atoms with Crippen molar-refractivity contribution in [3.05, 3.63) is 82.9 Å². The van der Waals surface area contributed by atoms with Crippen LogP contribution in [0.15, 0.2) is 64.0 Å². The van der Waals surface area contributed by atoms with E-state index in [0.717, 1.165) is 0 Å². The molecule has 2 aliphatic rings. The van der Waals surface area contributed by atoms with Gasteiger partial charge in [0.2, 0.25) is 39.2 Å². The molecule has 0 radical (unpaired) electrons. The number of aliphatic imine (C=N–C) groups is 1. The van der Waals surface area contributed by atoms with E-state index in [4.69, 9.17) is 10.5 Å². The Morgan fingerprint density at radius 1 is 0.982 bits per heavy atom. The van der Waals surface area contributed by atoms with Crippen LogP contribution in [-0.2, 0) is 29.1 Å². The maximum atomic E-state index is 13.7. The van der Waals surface area contributed by atoms with E-state index in [9.17, 15) is 45.5 Å². The van der Waals surface area contributed by atoms with Crippen molar-refractivity contribution in [1.82, 2.24) is 14.5 Å². The lowest BCUT2D eigenvalue weighted by Gasteiger charge is -2.36. The fourth-order valence-electron chi connectivity index (χ4n) is 6.13. The molecule has 1 saturated heterocycles. The van der Waals surface area contributed by atoms with Crippen molar-refractivity contribution in [3.8, 4) is 16.9 Å². The zero-order valence-corrected chi connectivity index (χ0v) is 31.9. The summed E-state index contributed by atoms with van der Waals surface area (Å²) in [7, 11) is -3.72. The molecule has 0 spiro atoms. The van der Waals surface area contributed by atoms with E-state index in [1.807, 2.05) is 13.0 Å². The summed E-state index contributed by atoms with van der Waals surface area (Å²) in [6, 6.07) is 12.0. The second-order valence-corrected chi connectivity index (χ2v) is 15.4. The van der Waals surface area contributed by atoms with Gasteiger partial charge in [-0.3, -0.25) is 14.4 Å². The van der Waals surface area contributed by atoms with E-state index in [0.29, 0.717) is 53.9 Å². The number of fused-ring (bicyclic) bond motifs is 1. The predicted octanol–water partition coefficient (Wildman–Crippen LogP) is 4.45. The highest BCUT2D eigenvalue weighted by Crippen LogP contribution is 2.34. The molecule has 1 fully saturated rings. The number of carbonyl (C=O) groups is 3. The first-order chi connectivity index (χ1) is 27.2. The van der Waals surface area contributed by atoms with Crippen LogP contribution in [-0.4, -0.2) is 98.9 Å². The van der Waals surface area contributed by atoms with Gasteiger partial charge < -0.3 is 30.5 Å². The third kappa shape index (κ3) is 10.8. The van der Waals surface area contributed by atoms with Crippen LogP contribution in [0, 0.1) is 29.2 Å². The number of sulfonamides is 1.